The van der Waals surface area contributed by atoms with Gasteiger partial charge in [-0.3, -0.25) is 14.4 Å². The Balaban J connectivity index is 1.13. The number of rotatable bonds is 7. The van der Waals surface area contributed by atoms with Crippen molar-refractivity contribution >= 4 is 35.0 Å². The number of nitrogens with one attached hydrogen (secondary N) is 3. The molecular weight excluding hydrogens is 511 g/mol. The Hall–Kier alpha value is -2.98. The molecule has 3 heterocycles. The third-order valence-electron chi connectivity index (χ3n) is 8.23. The summed E-state index contributed by atoms with van der Waals surface area (Å²) in [4.78, 5) is 50.0. The van der Waals surface area contributed by atoms with Crippen molar-refractivity contribution < 1.29 is 18.8 Å². The van der Waals surface area contributed by atoms with E-state index in [0.717, 1.165) is 19.6 Å². The lowest BCUT2D eigenvalue weighted by Crippen LogP contribution is -2.44. The van der Waals surface area contributed by atoms with Crippen molar-refractivity contribution in [1.29, 1.82) is 0 Å². The molecule has 11 heteroatoms. The molecule has 0 unspecified atom stereocenters. The highest BCUT2D eigenvalue weighted by atomic mass is 35.5. The number of imidazole rings is 1. The third kappa shape index (κ3) is 5.56. The lowest BCUT2D eigenvalue weighted by molar-refractivity contribution is -0.127. The molecule has 9 nitrogen and oxygen atoms in total. The molecule has 1 aromatic heterocycles. The van der Waals surface area contributed by atoms with E-state index in [9.17, 15) is 18.8 Å². The molecule has 1 aromatic carbocycles. The molecule has 3 fully saturated rings. The highest BCUT2D eigenvalue weighted by Gasteiger charge is 2.49. The van der Waals surface area contributed by atoms with Gasteiger partial charge in [0, 0.05) is 25.7 Å². The van der Waals surface area contributed by atoms with Gasteiger partial charge in [0.1, 0.15) is 11.5 Å². The van der Waals surface area contributed by atoms with E-state index in [1.54, 1.807) is 11.0 Å². The number of benzene rings is 1. The van der Waals surface area contributed by atoms with E-state index in [4.69, 9.17) is 11.6 Å². The number of nitrogens with zero attached hydrogens (tertiary/aromatic N) is 3. The normalized spacial score (nSPS) is 24.1. The van der Waals surface area contributed by atoms with Gasteiger partial charge in [0.05, 0.1) is 22.5 Å². The Morgan fingerprint density at radius 2 is 1.87 bits per heavy atom. The summed E-state index contributed by atoms with van der Waals surface area (Å²) in [6, 6.07) is 3.96. The molecule has 3 aliphatic rings. The van der Waals surface area contributed by atoms with Crippen LogP contribution in [0.15, 0.2) is 24.5 Å². The molecule has 1 saturated carbocycles. The Bertz CT molecular complexity index is 1190. The highest BCUT2D eigenvalue weighted by molar-refractivity contribution is 6.34. The maximum atomic E-state index is 13.5. The number of H-pyrrole nitrogens is 1. The molecule has 0 atom stereocenters. The molecule has 5 rings (SSSR count). The first-order valence-corrected chi connectivity index (χ1v) is 13.9. The number of anilines is 1. The van der Waals surface area contributed by atoms with Crippen molar-refractivity contribution in [3.63, 3.8) is 0 Å². The van der Waals surface area contributed by atoms with Crippen LogP contribution >= 0.6 is 11.6 Å². The standard InChI is InChI=1S/C27H34ClFN6O3/c28-20-16-18(29)4-5-21(20)35-14-10-27(26(35)38)8-6-19(7-9-27)33-25(37)23-22(31-17-32-23)24(36)30-11-15-34-12-2-1-3-13-34/h4-5,16-17,19H,1-3,6-15H2,(H,30,36)(H,31,32)(H,33,37). The zero-order chi connectivity index (χ0) is 26.7. The smallest absolute Gasteiger partial charge is 0.272 e. The number of aromatic amines is 1. The van der Waals surface area contributed by atoms with E-state index in [1.165, 1.54) is 37.7 Å². The van der Waals surface area contributed by atoms with Gasteiger partial charge in [-0.1, -0.05) is 18.0 Å². The summed E-state index contributed by atoms with van der Waals surface area (Å²) in [6.07, 6.45) is 8.25. The first-order valence-electron chi connectivity index (χ1n) is 13.5. The lowest BCUT2D eigenvalue weighted by Gasteiger charge is -2.36. The number of amides is 3. The Labute approximate surface area is 226 Å². The molecule has 3 N–H and O–H groups in total. The summed E-state index contributed by atoms with van der Waals surface area (Å²) in [5.74, 6) is -1.17. The highest BCUT2D eigenvalue weighted by Crippen LogP contribution is 2.47. The average molecular weight is 545 g/mol. The third-order valence-corrected chi connectivity index (χ3v) is 8.54. The van der Waals surface area contributed by atoms with Crippen molar-refractivity contribution in [2.24, 2.45) is 5.41 Å². The van der Waals surface area contributed by atoms with Gasteiger partial charge in [-0.25, -0.2) is 9.37 Å². The molecule has 0 radical (unpaired) electrons. The molecule has 2 aromatic rings. The predicted molar refractivity (Wildman–Crippen MR) is 142 cm³/mol. The van der Waals surface area contributed by atoms with Crippen molar-refractivity contribution in [1.82, 2.24) is 25.5 Å². The van der Waals surface area contributed by atoms with E-state index in [0.29, 0.717) is 50.9 Å². The van der Waals surface area contributed by atoms with Crippen molar-refractivity contribution in [2.75, 3.05) is 37.6 Å². The number of hydrogen-bond donors (Lipinski definition) is 3. The average Bonchev–Trinajstić information content (AvgIpc) is 3.52. The number of halogens is 2. The van der Waals surface area contributed by atoms with Crippen LogP contribution in [0.5, 0.6) is 0 Å². The van der Waals surface area contributed by atoms with Crippen LogP contribution in [0.1, 0.15) is 72.3 Å². The first kappa shape index (κ1) is 26.6. The molecule has 204 valence electrons. The summed E-state index contributed by atoms with van der Waals surface area (Å²) in [5, 5.41) is 6.12. The van der Waals surface area contributed by atoms with Crippen LogP contribution in [0.3, 0.4) is 0 Å². The fraction of sp³-hybridized carbons (Fsp3) is 0.556. The fourth-order valence-electron chi connectivity index (χ4n) is 6.02. The minimum absolute atomic E-state index is 0.00611. The zero-order valence-corrected chi connectivity index (χ0v) is 22.2. The van der Waals surface area contributed by atoms with E-state index in [1.807, 2.05) is 0 Å². The predicted octanol–water partition coefficient (Wildman–Crippen LogP) is 3.51. The Morgan fingerprint density at radius 3 is 2.61 bits per heavy atom. The van der Waals surface area contributed by atoms with E-state index in [-0.39, 0.29) is 34.3 Å². The van der Waals surface area contributed by atoms with Gasteiger partial charge in [0.15, 0.2) is 5.69 Å². The van der Waals surface area contributed by atoms with Gasteiger partial charge in [0.25, 0.3) is 11.8 Å². The van der Waals surface area contributed by atoms with Gasteiger partial charge in [-0.15, -0.1) is 0 Å². The minimum Gasteiger partial charge on any atom is -0.349 e. The summed E-state index contributed by atoms with van der Waals surface area (Å²) >= 11 is 6.21. The second-order valence-electron chi connectivity index (χ2n) is 10.6. The fourth-order valence-corrected chi connectivity index (χ4v) is 6.29. The maximum absolute atomic E-state index is 13.5. The second kappa shape index (κ2) is 11.4. The second-order valence-corrected chi connectivity index (χ2v) is 11.0. The molecule has 1 spiro atoms. The molecule has 0 bridgehead atoms. The zero-order valence-electron chi connectivity index (χ0n) is 21.4. The van der Waals surface area contributed by atoms with Gasteiger partial charge in [-0.2, -0.15) is 0 Å². The van der Waals surface area contributed by atoms with Gasteiger partial charge in [0.2, 0.25) is 5.91 Å². The van der Waals surface area contributed by atoms with Crippen LogP contribution in [-0.2, 0) is 4.79 Å². The van der Waals surface area contributed by atoms with Gasteiger partial charge in [-0.05, 0) is 76.2 Å². The molecule has 3 amide bonds. The Kier molecular flexibility index (Phi) is 7.99. The van der Waals surface area contributed by atoms with E-state index >= 15 is 0 Å². The van der Waals surface area contributed by atoms with Crippen LogP contribution in [0.25, 0.3) is 0 Å². The lowest BCUT2D eigenvalue weighted by atomic mass is 9.71. The first-order chi connectivity index (χ1) is 18.4. The van der Waals surface area contributed by atoms with Gasteiger partial charge < -0.3 is 25.4 Å². The molecule has 38 heavy (non-hydrogen) atoms. The minimum atomic E-state index is -0.495. The summed E-state index contributed by atoms with van der Waals surface area (Å²) in [5.41, 5.74) is 0.275. The molecule has 1 aliphatic carbocycles. The molecular formula is C27H34ClFN6O3. The van der Waals surface area contributed by atoms with Crippen LogP contribution < -0.4 is 15.5 Å². The number of carbonyl (C=O) groups excluding carboxylic acids is 3. The number of aromatic nitrogens is 2. The maximum Gasteiger partial charge on any atom is 0.272 e. The van der Waals surface area contributed by atoms with Gasteiger partial charge >= 0.3 is 0 Å². The molecule has 2 saturated heterocycles. The van der Waals surface area contributed by atoms with Crippen LogP contribution in [0, 0.1) is 11.2 Å². The van der Waals surface area contributed by atoms with Crippen molar-refractivity contribution in [3.8, 4) is 0 Å². The molecule has 2 aliphatic heterocycles. The van der Waals surface area contributed by atoms with Crippen molar-refractivity contribution in [2.45, 2.75) is 57.4 Å². The quantitative estimate of drug-likeness (QED) is 0.494. The summed E-state index contributed by atoms with van der Waals surface area (Å²) in [6.45, 7) is 3.94. The number of likely N-dealkylation sites (tertiary alicyclic amines) is 1. The van der Waals surface area contributed by atoms with E-state index in [2.05, 4.69) is 25.5 Å². The summed E-state index contributed by atoms with van der Waals surface area (Å²) < 4.78 is 13.5. The number of carbonyl (C=O) groups is 3. The topological polar surface area (TPSA) is 110 Å². The van der Waals surface area contributed by atoms with E-state index < -0.39 is 17.1 Å². The largest absolute Gasteiger partial charge is 0.349 e. The summed E-state index contributed by atoms with van der Waals surface area (Å²) in [7, 11) is 0. The Morgan fingerprint density at radius 1 is 1.11 bits per heavy atom. The number of hydrogen-bond acceptors (Lipinski definition) is 5. The number of piperidine rings is 1. The monoisotopic (exact) mass is 544 g/mol. The van der Waals surface area contributed by atoms with Crippen LogP contribution in [0.4, 0.5) is 10.1 Å². The van der Waals surface area contributed by atoms with Crippen LogP contribution in [0.2, 0.25) is 5.02 Å². The van der Waals surface area contributed by atoms with Crippen LogP contribution in [-0.4, -0.2) is 71.4 Å². The van der Waals surface area contributed by atoms with Crippen molar-refractivity contribution in [3.05, 3.63) is 46.8 Å². The SMILES string of the molecule is O=C(NC1CCC2(CC1)CCN(c1ccc(F)cc1Cl)C2=O)c1nc[nH]c1C(=O)NCCN1CCCCC1.